The quantitative estimate of drug-likeness (QED) is 0.767. The molecule has 1 unspecified atom stereocenters. The Labute approximate surface area is 94.4 Å². The largest absolute Gasteiger partial charge is 0.314 e. The van der Waals surface area contributed by atoms with Gasteiger partial charge in [0.2, 0.25) is 0 Å². The van der Waals surface area contributed by atoms with E-state index in [-0.39, 0.29) is 0 Å². The second-order valence-electron chi connectivity index (χ2n) is 6.46. The van der Waals surface area contributed by atoms with Crippen LogP contribution in [0.2, 0.25) is 0 Å². The third kappa shape index (κ3) is 3.46. The summed E-state index contributed by atoms with van der Waals surface area (Å²) in [5, 5.41) is 3.45. The molecule has 1 atom stereocenters. The highest BCUT2D eigenvalue weighted by molar-refractivity contribution is 4.92. The van der Waals surface area contributed by atoms with Crippen LogP contribution < -0.4 is 5.32 Å². The fraction of sp³-hybridized carbons (Fsp3) is 1.00. The van der Waals surface area contributed by atoms with Crippen molar-refractivity contribution in [2.75, 3.05) is 26.2 Å². The van der Waals surface area contributed by atoms with E-state index >= 15 is 0 Å². The molecule has 2 nitrogen and oxygen atoms in total. The molecule has 1 aliphatic heterocycles. The maximum atomic E-state index is 3.45. The van der Waals surface area contributed by atoms with Crippen LogP contribution in [0.25, 0.3) is 0 Å². The lowest BCUT2D eigenvalue weighted by Crippen LogP contribution is -2.50. The van der Waals surface area contributed by atoms with Gasteiger partial charge >= 0.3 is 0 Å². The van der Waals surface area contributed by atoms with Crippen molar-refractivity contribution in [3.8, 4) is 0 Å². The van der Waals surface area contributed by atoms with Crippen LogP contribution in [0.4, 0.5) is 0 Å². The average Bonchev–Trinajstić information content (AvgIpc) is 2.97. The first-order valence-electron chi connectivity index (χ1n) is 6.51. The van der Waals surface area contributed by atoms with Crippen molar-refractivity contribution in [3.05, 3.63) is 0 Å². The molecule has 2 aliphatic rings. The molecule has 1 saturated carbocycles. The van der Waals surface area contributed by atoms with Crippen molar-refractivity contribution in [1.29, 1.82) is 0 Å². The van der Waals surface area contributed by atoms with Gasteiger partial charge in [0.1, 0.15) is 0 Å². The van der Waals surface area contributed by atoms with Crippen LogP contribution in [0.5, 0.6) is 0 Å². The minimum absolute atomic E-state index is 0.484. The number of hydrogen-bond acceptors (Lipinski definition) is 2. The van der Waals surface area contributed by atoms with Crippen molar-refractivity contribution >= 4 is 0 Å². The Morgan fingerprint density at radius 3 is 2.27 bits per heavy atom. The summed E-state index contributed by atoms with van der Waals surface area (Å²) in [6.45, 7) is 12.0. The topological polar surface area (TPSA) is 15.3 Å². The minimum Gasteiger partial charge on any atom is -0.314 e. The first-order valence-corrected chi connectivity index (χ1v) is 6.51. The predicted molar refractivity (Wildman–Crippen MR) is 65.0 cm³/mol. The van der Waals surface area contributed by atoms with Crippen LogP contribution in [0.15, 0.2) is 0 Å². The molecule has 0 aromatic carbocycles. The van der Waals surface area contributed by atoms with E-state index in [1.54, 1.807) is 0 Å². The smallest absolute Gasteiger partial charge is 0.0130 e. The van der Waals surface area contributed by atoms with Crippen molar-refractivity contribution in [1.82, 2.24) is 10.2 Å². The zero-order valence-corrected chi connectivity index (χ0v) is 10.6. The Hall–Kier alpha value is -0.0800. The summed E-state index contributed by atoms with van der Waals surface area (Å²) in [4.78, 5) is 2.74. The normalized spacial score (nSPS) is 26.6. The van der Waals surface area contributed by atoms with Crippen molar-refractivity contribution < 1.29 is 0 Å². The summed E-state index contributed by atoms with van der Waals surface area (Å²) < 4.78 is 0. The lowest BCUT2D eigenvalue weighted by molar-refractivity contribution is 0.116. The van der Waals surface area contributed by atoms with Crippen molar-refractivity contribution in [3.63, 3.8) is 0 Å². The molecule has 15 heavy (non-hydrogen) atoms. The van der Waals surface area contributed by atoms with Crippen molar-refractivity contribution in [2.45, 2.75) is 46.1 Å². The molecule has 2 heteroatoms. The molecule has 1 aliphatic carbocycles. The SMILES string of the molecule is CC(C)(C)CC(C1CC1)N1CCNCC1. The molecule has 1 heterocycles. The van der Waals surface area contributed by atoms with Crippen LogP contribution in [-0.4, -0.2) is 37.1 Å². The van der Waals surface area contributed by atoms with E-state index in [1.165, 1.54) is 45.4 Å². The van der Waals surface area contributed by atoms with Gasteiger partial charge in [-0.25, -0.2) is 0 Å². The van der Waals surface area contributed by atoms with Gasteiger partial charge in [-0.15, -0.1) is 0 Å². The molecular weight excluding hydrogens is 184 g/mol. The van der Waals surface area contributed by atoms with Gasteiger partial charge in [-0.3, -0.25) is 4.90 Å². The fourth-order valence-electron chi connectivity index (χ4n) is 2.72. The zero-order valence-electron chi connectivity index (χ0n) is 10.6. The van der Waals surface area contributed by atoms with Crippen LogP contribution >= 0.6 is 0 Å². The lowest BCUT2D eigenvalue weighted by atomic mass is 9.85. The summed E-state index contributed by atoms with van der Waals surface area (Å²) in [7, 11) is 0. The number of piperazine rings is 1. The maximum Gasteiger partial charge on any atom is 0.0130 e. The summed E-state index contributed by atoms with van der Waals surface area (Å²) in [6.07, 6.45) is 4.33. The molecule has 0 radical (unpaired) electrons. The standard InChI is InChI=1S/C13H26N2/c1-13(2,3)10-12(11-4-5-11)15-8-6-14-7-9-15/h11-12,14H,4-10H2,1-3H3. The zero-order chi connectivity index (χ0) is 10.9. The highest BCUT2D eigenvalue weighted by Gasteiger charge is 2.37. The van der Waals surface area contributed by atoms with Gasteiger partial charge in [-0.1, -0.05) is 20.8 Å². The van der Waals surface area contributed by atoms with E-state index in [2.05, 4.69) is 31.0 Å². The first kappa shape index (κ1) is 11.4. The number of rotatable bonds is 3. The van der Waals surface area contributed by atoms with Gasteiger partial charge in [0.25, 0.3) is 0 Å². The summed E-state index contributed by atoms with van der Waals surface area (Å²) in [6, 6.07) is 0.868. The molecule has 1 N–H and O–H groups in total. The molecule has 0 aromatic heterocycles. The number of nitrogens with zero attached hydrogens (tertiary/aromatic N) is 1. The van der Waals surface area contributed by atoms with E-state index in [0.29, 0.717) is 5.41 Å². The predicted octanol–water partition coefficient (Wildman–Crippen LogP) is 2.11. The molecule has 0 bridgehead atoms. The molecule has 0 aromatic rings. The molecule has 88 valence electrons. The Bertz CT molecular complexity index is 197. The highest BCUT2D eigenvalue weighted by Crippen LogP contribution is 2.40. The molecule has 0 amide bonds. The van der Waals surface area contributed by atoms with E-state index in [9.17, 15) is 0 Å². The van der Waals surface area contributed by atoms with Gasteiger partial charge in [-0.05, 0) is 30.6 Å². The maximum absolute atomic E-state index is 3.45. The van der Waals surface area contributed by atoms with Crippen LogP contribution in [-0.2, 0) is 0 Å². The van der Waals surface area contributed by atoms with E-state index < -0.39 is 0 Å². The van der Waals surface area contributed by atoms with Gasteiger partial charge in [0.05, 0.1) is 0 Å². The molecule has 1 saturated heterocycles. The summed E-state index contributed by atoms with van der Waals surface area (Å²) in [5.41, 5.74) is 0.484. The van der Waals surface area contributed by atoms with Gasteiger partial charge < -0.3 is 5.32 Å². The second-order valence-corrected chi connectivity index (χ2v) is 6.46. The van der Waals surface area contributed by atoms with Gasteiger partial charge in [-0.2, -0.15) is 0 Å². The van der Waals surface area contributed by atoms with Gasteiger partial charge in [0.15, 0.2) is 0 Å². The molecule has 2 fully saturated rings. The fourth-order valence-corrected chi connectivity index (χ4v) is 2.72. The monoisotopic (exact) mass is 210 g/mol. The summed E-state index contributed by atoms with van der Waals surface area (Å²) in [5.74, 6) is 1.02. The van der Waals surface area contributed by atoms with Crippen LogP contribution in [0.1, 0.15) is 40.0 Å². The average molecular weight is 210 g/mol. The number of hydrogen-bond donors (Lipinski definition) is 1. The van der Waals surface area contributed by atoms with Crippen LogP contribution in [0.3, 0.4) is 0 Å². The summed E-state index contributed by atoms with van der Waals surface area (Å²) >= 11 is 0. The minimum atomic E-state index is 0.484. The van der Waals surface area contributed by atoms with Crippen LogP contribution in [0, 0.1) is 11.3 Å². The molecule has 2 rings (SSSR count). The Morgan fingerprint density at radius 1 is 1.20 bits per heavy atom. The molecular formula is C13H26N2. The Morgan fingerprint density at radius 2 is 1.80 bits per heavy atom. The number of nitrogens with one attached hydrogen (secondary N) is 1. The van der Waals surface area contributed by atoms with Gasteiger partial charge in [0, 0.05) is 32.2 Å². The third-order valence-corrected chi connectivity index (χ3v) is 3.61. The van der Waals surface area contributed by atoms with E-state index in [1.807, 2.05) is 0 Å². The van der Waals surface area contributed by atoms with E-state index in [0.717, 1.165) is 12.0 Å². The Balaban J connectivity index is 1.92. The van der Waals surface area contributed by atoms with Crippen molar-refractivity contribution in [2.24, 2.45) is 11.3 Å². The lowest BCUT2D eigenvalue weighted by Gasteiger charge is -2.38. The first-order chi connectivity index (χ1) is 7.06. The molecule has 0 spiro atoms. The second kappa shape index (κ2) is 4.42. The third-order valence-electron chi connectivity index (χ3n) is 3.61. The highest BCUT2D eigenvalue weighted by atomic mass is 15.2. The Kier molecular flexibility index (Phi) is 3.36. The van der Waals surface area contributed by atoms with E-state index in [4.69, 9.17) is 0 Å².